The van der Waals surface area contributed by atoms with Crippen LogP contribution in [0.15, 0.2) is 34.7 Å². The number of para-hydroxylation sites is 1. The number of furan rings is 1. The van der Waals surface area contributed by atoms with Crippen molar-refractivity contribution in [1.82, 2.24) is 10.2 Å². The van der Waals surface area contributed by atoms with E-state index in [2.05, 4.69) is 42.3 Å². The maximum Gasteiger partial charge on any atom is 0.134 e. The van der Waals surface area contributed by atoms with Crippen molar-refractivity contribution in [2.45, 2.75) is 32.7 Å². The molecule has 0 aliphatic carbocycles. The Bertz CT molecular complexity index is 544. The molecule has 3 rings (SSSR count). The Balaban J connectivity index is 1.77. The van der Waals surface area contributed by atoms with Crippen molar-refractivity contribution in [3.05, 3.63) is 36.1 Å². The molecular formula is C18H26N2O. The van der Waals surface area contributed by atoms with E-state index in [1.54, 1.807) is 0 Å². The Morgan fingerprint density at radius 1 is 1.38 bits per heavy atom. The van der Waals surface area contributed by atoms with Gasteiger partial charge in [0.25, 0.3) is 0 Å². The monoisotopic (exact) mass is 286 g/mol. The third-order valence-electron chi connectivity index (χ3n) is 4.38. The van der Waals surface area contributed by atoms with Gasteiger partial charge >= 0.3 is 0 Å². The lowest BCUT2D eigenvalue weighted by Gasteiger charge is -2.23. The van der Waals surface area contributed by atoms with E-state index in [0.717, 1.165) is 36.8 Å². The molecule has 1 aromatic carbocycles. The second-order valence-electron chi connectivity index (χ2n) is 6.35. The molecule has 2 atom stereocenters. The van der Waals surface area contributed by atoms with Gasteiger partial charge in [0.1, 0.15) is 11.3 Å². The van der Waals surface area contributed by atoms with Crippen molar-refractivity contribution in [1.29, 1.82) is 0 Å². The summed E-state index contributed by atoms with van der Waals surface area (Å²) in [6.07, 6.45) is 2.47. The molecule has 1 aromatic heterocycles. The minimum Gasteiger partial charge on any atom is -0.459 e. The van der Waals surface area contributed by atoms with E-state index >= 15 is 0 Å². The van der Waals surface area contributed by atoms with Crippen LogP contribution in [0.5, 0.6) is 0 Å². The molecule has 1 N–H and O–H groups in total. The van der Waals surface area contributed by atoms with Crippen molar-refractivity contribution in [2.75, 3.05) is 26.2 Å². The van der Waals surface area contributed by atoms with E-state index in [4.69, 9.17) is 4.42 Å². The molecule has 0 spiro atoms. The van der Waals surface area contributed by atoms with E-state index in [9.17, 15) is 0 Å². The van der Waals surface area contributed by atoms with Crippen LogP contribution in [0.4, 0.5) is 0 Å². The van der Waals surface area contributed by atoms with Gasteiger partial charge in [0.15, 0.2) is 0 Å². The molecule has 1 aliphatic rings. The van der Waals surface area contributed by atoms with Gasteiger partial charge in [-0.1, -0.05) is 32.0 Å². The van der Waals surface area contributed by atoms with Gasteiger partial charge in [0, 0.05) is 18.5 Å². The maximum absolute atomic E-state index is 6.08. The van der Waals surface area contributed by atoms with Gasteiger partial charge in [-0.3, -0.25) is 0 Å². The first-order valence-corrected chi connectivity index (χ1v) is 8.20. The average molecular weight is 286 g/mol. The van der Waals surface area contributed by atoms with Crippen LogP contribution in [-0.2, 0) is 0 Å². The third-order valence-corrected chi connectivity index (χ3v) is 4.38. The highest BCUT2D eigenvalue weighted by molar-refractivity contribution is 5.77. The lowest BCUT2D eigenvalue weighted by molar-refractivity contribution is 0.267. The second kappa shape index (κ2) is 6.63. The summed E-state index contributed by atoms with van der Waals surface area (Å²) < 4.78 is 6.08. The van der Waals surface area contributed by atoms with E-state index in [1.807, 2.05) is 12.1 Å². The summed E-state index contributed by atoms with van der Waals surface area (Å²) in [6.45, 7) is 9.06. The standard InChI is InChI=1S/C18H26N2O/c1-3-9-19-16(13-20-10-8-14(2)12-20)18-11-15-6-4-5-7-17(15)21-18/h4-7,11,14,16,19H,3,8-10,12-13H2,1-2H3. The number of hydrogen-bond donors (Lipinski definition) is 1. The highest BCUT2D eigenvalue weighted by Gasteiger charge is 2.24. The van der Waals surface area contributed by atoms with Gasteiger partial charge in [0.2, 0.25) is 0 Å². The first-order chi connectivity index (χ1) is 10.3. The fraction of sp³-hybridized carbons (Fsp3) is 0.556. The number of likely N-dealkylation sites (tertiary alicyclic amines) is 1. The van der Waals surface area contributed by atoms with Gasteiger partial charge in [-0.25, -0.2) is 0 Å². The summed E-state index contributed by atoms with van der Waals surface area (Å²) in [5.74, 6) is 1.90. The van der Waals surface area contributed by atoms with Gasteiger partial charge in [-0.05, 0) is 44.0 Å². The summed E-state index contributed by atoms with van der Waals surface area (Å²) >= 11 is 0. The lowest BCUT2D eigenvalue weighted by atomic mass is 10.1. The van der Waals surface area contributed by atoms with Crippen LogP contribution in [0.2, 0.25) is 0 Å². The summed E-state index contributed by atoms with van der Waals surface area (Å²) in [4.78, 5) is 2.56. The quantitative estimate of drug-likeness (QED) is 0.875. The number of fused-ring (bicyclic) bond motifs is 1. The molecule has 0 bridgehead atoms. The first-order valence-electron chi connectivity index (χ1n) is 8.20. The Morgan fingerprint density at radius 3 is 2.95 bits per heavy atom. The molecule has 1 aliphatic heterocycles. The number of nitrogens with zero attached hydrogens (tertiary/aromatic N) is 1. The number of rotatable bonds is 6. The van der Waals surface area contributed by atoms with Crippen LogP contribution in [-0.4, -0.2) is 31.1 Å². The third kappa shape index (κ3) is 3.47. The molecule has 21 heavy (non-hydrogen) atoms. The van der Waals surface area contributed by atoms with E-state index in [1.165, 1.54) is 24.9 Å². The number of benzene rings is 1. The molecule has 0 amide bonds. The van der Waals surface area contributed by atoms with E-state index < -0.39 is 0 Å². The molecule has 2 heterocycles. The SMILES string of the molecule is CCCNC(CN1CCC(C)C1)c1cc2ccccc2o1. The minimum atomic E-state index is 0.294. The molecule has 1 fully saturated rings. The molecule has 0 saturated carbocycles. The van der Waals surface area contributed by atoms with Crippen molar-refractivity contribution in [2.24, 2.45) is 5.92 Å². The number of hydrogen-bond acceptors (Lipinski definition) is 3. The summed E-state index contributed by atoms with van der Waals surface area (Å²) in [5.41, 5.74) is 0.991. The fourth-order valence-electron chi connectivity index (χ4n) is 3.20. The normalized spacial score (nSPS) is 21.1. The van der Waals surface area contributed by atoms with Crippen molar-refractivity contribution in [3.63, 3.8) is 0 Å². The van der Waals surface area contributed by atoms with Gasteiger partial charge in [-0.2, -0.15) is 0 Å². The van der Waals surface area contributed by atoms with Crippen molar-refractivity contribution >= 4 is 11.0 Å². The van der Waals surface area contributed by atoms with Gasteiger partial charge in [0.05, 0.1) is 6.04 Å². The molecular weight excluding hydrogens is 260 g/mol. The lowest BCUT2D eigenvalue weighted by Crippen LogP contribution is -2.34. The smallest absolute Gasteiger partial charge is 0.134 e. The van der Waals surface area contributed by atoms with Crippen LogP contribution in [0, 0.1) is 5.92 Å². The Labute approximate surface area is 127 Å². The minimum absolute atomic E-state index is 0.294. The largest absolute Gasteiger partial charge is 0.459 e. The zero-order valence-electron chi connectivity index (χ0n) is 13.1. The van der Waals surface area contributed by atoms with E-state index in [-0.39, 0.29) is 0 Å². The van der Waals surface area contributed by atoms with Crippen LogP contribution < -0.4 is 5.32 Å². The molecule has 0 radical (unpaired) electrons. The van der Waals surface area contributed by atoms with Crippen LogP contribution in [0.1, 0.15) is 38.5 Å². The first kappa shape index (κ1) is 14.6. The maximum atomic E-state index is 6.08. The molecule has 2 aromatic rings. The molecule has 114 valence electrons. The predicted molar refractivity (Wildman–Crippen MR) is 87.5 cm³/mol. The highest BCUT2D eigenvalue weighted by atomic mass is 16.3. The van der Waals surface area contributed by atoms with E-state index in [0.29, 0.717) is 6.04 Å². The Kier molecular flexibility index (Phi) is 4.61. The molecule has 1 saturated heterocycles. The van der Waals surface area contributed by atoms with Crippen molar-refractivity contribution in [3.8, 4) is 0 Å². The summed E-state index contributed by atoms with van der Waals surface area (Å²) in [6, 6.07) is 10.8. The zero-order chi connectivity index (χ0) is 14.7. The Morgan fingerprint density at radius 2 is 2.24 bits per heavy atom. The van der Waals surface area contributed by atoms with Crippen molar-refractivity contribution < 1.29 is 4.42 Å². The zero-order valence-corrected chi connectivity index (χ0v) is 13.1. The Hall–Kier alpha value is -1.32. The molecule has 3 heteroatoms. The average Bonchev–Trinajstić information content (AvgIpc) is 3.09. The topological polar surface area (TPSA) is 28.4 Å². The van der Waals surface area contributed by atoms with Crippen LogP contribution >= 0.6 is 0 Å². The highest BCUT2D eigenvalue weighted by Crippen LogP contribution is 2.26. The van der Waals surface area contributed by atoms with Crippen LogP contribution in [0.3, 0.4) is 0 Å². The molecule has 3 nitrogen and oxygen atoms in total. The van der Waals surface area contributed by atoms with Crippen LogP contribution in [0.25, 0.3) is 11.0 Å². The number of nitrogens with one attached hydrogen (secondary N) is 1. The summed E-state index contributed by atoms with van der Waals surface area (Å²) in [5, 5.41) is 4.85. The predicted octanol–water partition coefficient (Wildman–Crippen LogP) is 3.82. The second-order valence-corrected chi connectivity index (χ2v) is 6.35. The summed E-state index contributed by atoms with van der Waals surface area (Å²) in [7, 11) is 0. The molecule has 2 unspecified atom stereocenters. The van der Waals surface area contributed by atoms with Gasteiger partial charge in [-0.15, -0.1) is 0 Å². The fourth-order valence-corrected chi connectivity index (χ4v) is 3.20. The van der Waals surface area contributed by atoms with Gasteiger partial charge < -0.3 is 14.6 Å².